The Morgan fingerprint density at radius 3 is 2.59 bits per heavy atom. The van der Waals surface area contributed by atoms with Gasteiger partial charge in [-0.2, -0.15) is 0 Å². The molecule has 0 aromatic heterocycles. The number of likely N-dealkylation sites (tertiary alicyclic amines) is 1. The number of phenolic OH excluding ortho intramolecular Hbond substituents is 1. The summed E-state index contributed by atoms with van der Waals surface area (Å²) in [7, 11) is 1.49. The molecule has 1 atom stereocenters. The number of phenols is 1. The van der Waals surface area contributed by atoms with Crippen molar-refractivity contribution in [3.8, 4) is 5.75 Å². The molecule has 1 aliphatic heterocycles. The molecule has 0 aliphatic carbocycles. The summed E-state index contributed by atoms with van der Waals surface area (Å²) in [4.78, 5) is 26.6. The summed E-state index contributed by atoms with van der Waals surface area (Å²) in [6.45, 7) is 0.382. The number of halogens is 1. The Hall–Kier alpha value is -2.83. The normalized spacial score (nSPS) is 18.9. The Morgan fingerprint density at radius 2 is 1.93 bits per heavy atom. The first kappa shape index (κ1) is 18.9. The minimum Gasteiger partial charge on any atom is -0.508 e. The van der Waals surface area contributed by atoms with Gasteiger partial charge in [0.15, 0.2) is 0 Å². The lowest BCUT2D eigenvalue weighted by Crippen LogP contribution is -2.32. The number of benzene rings is 2. The van der Waals surface area contributed by atoms with Crippen LogP contribution >= 0.6 is 11.6 Å². The number of carbonyl (C=O) groups is 2. The van der Waals surface area contributed by atoms with Gasteiger partial charge >= 0.3 is 0 Å². The lowest BCUT2D eigenvalue weighted by atomic mass is 9.95. The molecule has 27 heavy (non-hydrogen) atoms. The van der Waals surface area contributed by atoms with Crippen LogP contribution in [0.3, 0.4) is 0 Å². The fourth-order valence-electron chi connectivity index (χ4n) is 3.13. The smallest absolute Gasteiger partial charge is 0.295 e. The molecule has 0 saturated carbocycles. The van der Waals surface area contributed by atoms with Crippen molar-refractivity contribution in [3.05, 3.63) is 70.3 Å². The molecule has 2 aromatic carbocycles. The van der Waals surface area contributed by atoms with Crippen LogP contribution in [0.2, 0.25) is 5.02 Å². The van der Waals surface area contributed by atoms with Crippen LogP contribution in [0.15, 0.2) is 54.1 Å². The molecule has 1 fully saturated rings. The van der Waals surface area contributed by atoms with E-state index in [9.17, 15) is 19.8 Å². The van der Waals surface area contributed by atoms with Gasteiger partial charge in [0.25, 0.3) is 11.7 Å². The van der Waals surface area contributed by atoms with E-state index in [0.717, 1.165) is 0 Å². The van der Waals surface area contributed by atoms with Crippen LogP contribution in [0.5, 0.6) is 5.75 Å². The molecule has 0 radical (unpaired) electrons. The van der Waals surface area contributed by atoms with E-state index in [-0.39, 0.29) is 30.2 Å². The van der Waals surface area contributed by atoms with Gasteiger partial charge < -0.3 is 19.8 Å². The standard InChI is InChI=1S/C20H18ClNO5/c1-27-9-8-22-17(12-4-3-7-15(23)11-12)16(19(25)20(22)26)18(24)13-5-2-6-14(21)10-13/h2-7,10-11,17,23-24H,8-9H2,1H3/b18-16-. The van der Waals surface area contributed by atoms with Gasteiger partial charge in [0.2, 0.25) is 0 Å². The summed E-state index contributed by atoms with van der Waals surface area (Å²) >= 11 is 5.99. The average molecular weight is 388 g/mol. The molecular formula is C20H18ClNO5. The monoisotopic (exact) mass is 387 g/mol. The second kappa shape index (κ2) is 7.82. The summed E-state index contributed by atoms with van der Waals surface area (Å²) in [5.74, 6) is -1.85. The maximum Gasteiger partial charge on any atom is 0.295 e. The number of methoxy groups -OCH3 is 1. The maximum absolute atomic E-state index is 12.7. The van der Waals surface area contributed by atoms with E-state index in [1.54, 1.807) is 30.3 Å². The lowest BCUT2D eigenvalue weighted by molar-refractivity contribution is -0.140. The van der Waals surface area contributed by atoms with Gasteiger partial charge in [-0.3, -0.25) is 9.59 Å². The Morgan fingerprint density at radius 1 is 1.19 bits per heavy atom. The fourth-order valence-corrected chi connectivity index (χ4v) is 3.32. The van der Waals surface area contributed by atoms with Crippen LogP contribution in [0.25, 0.3) is 5.76 Å². The molecule has 2 N–H and O–H groups in total. The quantitative estimate of drug-likeness (QED) is 0.467. The molecule has 1 unspecified atom stereocenters. The van der Waals surface area contributed by atoms with Crippen LogP contribution in [-0.4, -0.2) is 47.1 Å². The largest absolute Gasteiger partial charge is 0.508 e. The second-order valence-corrected chi connectivity index (χ2v) is 6.53. The molecule has 0 spiro atoms. The number of hydrogen-bond donors (Lipinski definition) is 2. The SMILES string of the molecule is COCCN1C(=O)C(=O)/C(=C(\O)c2cccc(Cl)c2)C1c1cccc(O)c1. The Labute approximate surface area is 161 Å². The number of Topliss-reactive ketones (excluding diaryl/α,β-unsaturated/α-hetero) is 1. The second-order valence-electron chi connectivity index (χ2n) is 6.09. The number of nitrogens with zero attached hydrogens (tertiary/aromatic N) is 1. The van der Waals surface area contributed by atoms with E-state index in [2.05, 4.69) is 0 Å². The summed E-state index contributed by atoms with van der Waals surface area (Å²) in [5, 5.41) is 21.0. The number of rotatable bonds is 5. The summed E-state index contributed by atoms with van der Waals surface area (Å²) in [6, 6.07) is 11.8. The first-order chi connectivity index (χ1) is 12.9. The van der Waals surface area contributed by atoms with Crippen LogP contribution in [0.1, 0.15) is 17.2 Å². The van der Waals surface area contributed by atoms with E-state index >= 15 is 0 Å². The molecule has 140 valence electrons. The highest BCUT2D eigenvalue weighted by Crippen LogP contribution is 2.40. The molecule has 3 rings (SSSR count). The van der Waals surface area contributed by atoms with Crippen molar-refractivity contribution >= 4 is 29.1 Å². The van der Waals surface area contributed by atoms with E-state index in [1.165, 1.54) is 30.2 Å². The third-order valence-electron chi connectivity index (χ3n) is 4.36. The number of aliphatic hydroxyl groups is 1. The summed E-state index contributed by atoms with van der Waals surface area (Å²) < 4.78 is 5.04. The van der Waals surface area contributed by atoms with Gasteiger partial charge in [-0.25, -0.2) is 0 Å². The van der Waals surface area contributed by atoms with Crippen LogP contribution in [0, 0.1) is 0 Å². The topological polar surface area (TPSA) is 87.1 Å². The van der Waals surface area contributed by atoms with E-state index < -0.39 is 17.7 Å². The Kier molecular flexibility index (Phi) is 5.48. The van der Waals surface area contributed by atoms with Gasteiger partial charge in [-0.1, -0.05) is 35.9 Å². The third-order valence-corrected chi connectivity index (χ3v) is 4.60. The zero-order chi connectivity index (χ0) is 19.6. The Balaban J connectivity index is 2.18. The highest BCUT2D eigenvalue weighted by Gasteiger charge is 2.45. The van der Waals surface area contributed by atoms with Crippen LogP contribution < -0.4 is 0 Å². The molecule has 1 amide bonds. The van der Waals surface area contributed by atoms with Crippen molar-refractivity contribution in [2.45, 2.75) is 6.04 Å². The predicted molar refractivity (Wildman–Crippen MR) is 100 cm³/mol. The van der Waals surface area contributed by atoms with Crippen molar-refractivity contribution in [1.82, 2.24) is 4.90 Å². The van der Waals surface area contributed by atoms with Crippen LogP contribution in [0.4, 0.5) is 0 Å². The molecule has 1 heterocycles. The first-order valence-electron chi connectivity index (χ1n) is 8.26. The van der Waals surface area contributed by atoms with Crippen molar-refractivity contribution in [3.63, 3.8) is 0 Å². The number of aromatic hydroxyl groups is 1. The number of aliphatic hydroxyl groups excluding tert-OH is 1. The number of ketones is 1. The number of hydrogen-bond acceptors (Lipinski definition) is 5. The molecular weight excluding hydrogens is 370 g/mol. The van der Waals surface area contributed by atoms with Gasteiger partial charge in [-0.15, -0.1) is 0 Å². The number of carbonyl (C=O) groups excluding carboxylic acids is 2. The minimum absolute atomic E-state index is 0.00687. The molecule has 7 heteroatoms. The van der Waals surface area contributed by atoms with Crippen molar-refractivity contribution in [1.29, 1.82) is 0 Å². The summed E-state index contributed by atoms with van der Waals surface area (Å²) in [6.07, 6.45) is 0. The van der Waals surface area contributed by atoms with Gasteiger partial charge in [0.1, 0.15) is 11.5 Å². The fraction of sp³-hybridized carbons (Fsp3) is 0.200. The lowest BCUT2D eigenvalue weighted by Gasteiger charge is -2.25. The first-order valence-corrected chi connectivity index (χ1v) is 8.64. The van der Waals surface area contributed by atoms with Crippen LogP contribution in [-0.2, 0) is 14.3 Å². The Bertz CT molecular complexity index is 924. The van der Waals surface area contributed by atoms with Gasteiger partial charge in [0.05, 0.1) is 18.2 Å². The molecule has 1 aliphatic rings. The highest BCUT2D eigenvalue weighted by atomic mass is 35.5. The maximum atomic E-state index is 12.7. The highest BCUT2D eigenvalue weighted by molar-refractivity contribution is 6.46. The van der Waals surface area contributed by atoms with E-state index in [0.29, 0.717) is 16.1 Å². The number of ether oxygens (including phenoxy) is 1. The van der Waals surface area contributed by atoms with Gasteiger partial charge in [-0.05, 0) is 29.8 Å². The summed E-state index contributed by atoms with van der Waals surface area (Å²) in [5.41, 5.74) is 0.787. The van der Waals surface area contributed by atoms with Crippen molar-refractivity contribution in [2.24, 2.45) is 0 Å². The van der Waals surface area contributed by atoms with Gasteiger partial charge in [0, 0.05) is 24.2 Å². The predicted octanol–water partition coefficient (Wildman–Crippen LogP) is 3.11. The minimum atomic E-state index is -0.841. The molecule has 1 saturated heterocycles. The average Bonchev–Trinajstić information content (AvgIpc) is 2.90. The van der Waals surface area contributed by atoms with Crippen molar-refractivity contribution < 1.29 is 24.5 Å². The zero-order valence-electron chi connectivity index (χ0n) is 14.6. The van der Waals surface area contributed by atoms with Crippen molar-refractivity contribution in [2.75, 3.05) is 20.3 Å². The molecule has 6 nitrogen and oxygen atoms in total. The molecule has 2 aromatic rings. The number of amides is 1. The van der Waals surface area contributed by atoms with E-state index in [4.69, 9.17) is 16.3 Å². The molecule has 0 bridgehead atoms. The zero-order valence-corrected chi connectivity index (χ0v) is 15.3. The third kappa shape index (κ3) is 3.67. The van der Waals surface area contributed by atoms with E-state index in [1.807, 2.05) is 0 Å².